The van der Waals surface area contributed by atoms with Crippen LogP contribution in [-0.4, -0.2) is 227 Å². The van der Waals surface area contributed by atoms with E-state index in [-0.39, 0.29) is 127 Å². The van der Waals surface area contributed by atoms with Crippen molar-refractivity contribution in [2.45, 2.75) is 224 Å². The van der Waals surface area contributed by atoms with Crippen molar-refractivity contribution < 1.29 is 167 Å². The van der Waals surface area contributed by atoms with Crippen molar-refractivity contribution in [2.24, 2.45) is 35.5 Å². The van der Waals surface area contributed by atoms with Crippen molar-refractivity contribution in [3.63, 3.8) is 0 Å². The smallest absolute Gasteiger partial charge is 0.547 e. The first-order valence-corrected chi connectivity index (χ1v) is 29.9. The van der Waals surface area contributed by atoms with Gasteiger partial charge < -0.3 is 104 Å². The van der Waals surface area contributed by atoms with E-state index < -0.39 is 140 Å². The summed E-state index contributed by atoms with van der Waals surface area (Å²) in [6.45, 7) is 15.4. The zero-order chi connectivity index (χ0) is 64.1. The molecule has 1 aliphatic carbocycles. The van der Waals surface area contributed by atoms with E-state index in [1.54, 1.807) is 74.4 Å². The molecule has 488 valence electrons. The number of ether oxygens (including phenoxy) is 7. The van der Waals surface area contributed by atoms with Crippen LogP contribution < -0.4 is 80.0 Å². The quantitative estimate of drug-likeness (QED) is 0.0297. The van der Waals surface area contributed by atoms with Crippen molar-refractivity contribution in [3.05, 3.63) is 47.8 Å². The van der Waals surface area contributed by atoms with Gasteiger partial charge in [0.2, 0.25) is 17.6 Å². The van der Waals surface area contributed by atoms with Gasteiger partial charge in [-0.15, -0.1) is 20.4 Å². The molecule has 0 radical (unpaired) electrons. The molecule has 4 saturated heterocycles. The molecule has 4 fully saturated rings. The van der Waals surface area contributed by atoms with Gasteiger partial charge in [-0.2, -0.15) is 0 Å². The number of nitrogens with one attached hydrogen (secondary N) is 2. The topological polar surface area (TPSA) is 434 Å². The van der Waals surface area contributed by atoms with Gasteiger partial charge in [0.05, 0.1) is 42.5 Å². The minimum absolute atomic E-state index is 0. The molecule has 0 saturated carbocycles. The van der Waals surface area contributed by atoms with Crippen LogP contribution in [0.2, 0.25) is 0 Å². The molecular formula is C59H88N6Na2O22. The Balaban J connectivity index is 0.000000372. The molecule has 2 aromatic rings. The molecule has 1 aromatic carbocycles. The largest absolute Gasteiger partial charge is 1.00 e. The van der Waals surface area contributed by atoms with Gasteiger partial charge in [-0.05, 0) is 74.7 Å². The van der Waals surface area contributed by atoms with Gasteiger partial charge in [0, 0.05) is 36.9 Å². The van der Waals surface area contributed by atoms with Crippen LogP contribution >= 0.6 is 0 Å². The number of rotatable bonds is 22. The zero-order valence-corrected chi connectivity index (χ0v) is 56.6. The molecule has 2 amide bonds. The maximum absolute atomic E-state index is 13.5. The number of carbonyl (C=O) groups is 5. The summed E-state index contributed by atoms with van der Waals surface area (Å²) in [6.07, 6.45) is -18.8. The zero-order valence-electron chi connectivity index (χ0n) is 52.6. The summed E-state index contributed by atoms with van der Waals surface area (Å²) in [5.41, 5.74) is 1.54. The summed E-state index contributed by atoms with van der Waals surface area (Å²) in [4.78, 5) is 62.7. The van der Waals surface area contributed by atoms with E-state index in [0.29, 0.717) is 23.6 Å². The molecule has 30 heteroatoms. The summed E-state index contributed by atoms with van der Waals surface area (Å²) in [5, 5.41) is 131. The molecule has 21 atom stereocenters. The van der Waals surface area contributed by atoms with E-state index in [0.717, 1.165) is 37.7 Å². The molecule has 0 bridgehead atoms. The number of aliphatic hydroxyl groups is 8. The van der Waals surface area contributed by atoms with E-state index in [9.17, 15) is 75.0 Å². The van der Waals surface area contributed by atoms with Gasteiger partial charge >= 0.3 is 59.1 Å². The minimum Gasteiger partial charge on any atom is -0.547 e. The van der Waals surface area contributed by atoms with Crippen molar-refractivity contribution in [2.75, 3.05) is 19.7 Å². The van der Waals surface area contributed by atoms with Gasteiger partial charge in [0.1, 0.15) is 79.9 Å². The van der Waals surface area contributed by atoms with Gasteiger partial charge in [-0.25, -0.2) is 0 Å². The molecular weight excluding hydrogens is 1190 g/mol. The number of ketones is 1. The predicted molar refractivity (Wildman–Crippen MR) is 298 cm³/mol. The Hall–Kier alpha value is -3.15. The summed E-state index contributed by atoms with van der Waals surface area (Å²) in [6, 6.07) is 7.21. The number of aryl methyl sites for hydroxylation is 2. The standard InChI is InChI=1S/C30H50N2O12.C29H40N4O10.2Na/c1-15(2)19-20(34)23(37)30(44-26-22(36)21(35)24(16(3)4)42-27(26)29(39)40)43-25(19)28(38)32-13-12-31-18(33)14-41-17-10-8-6-5-7-9-11-17;1-12(2)18-19(35)22(38)29(43-25-21(37)20(36)23(13(3)4)41-26(25)28(39)40)42-24(18)17(34)11-8-15-6-9-16(10-7-15)27-32-30-14(5)31-33-27;;/h5-6,15-17,19-27,30,34-37H,7-14H2,1-4H3,(H,31,33)(H,32,38)(H,39,40);6-7,9-10,12-13,18-26,29,35-38H,8,11H2,1-5H3,(H,39,40);;/q;;2*+1/p-2/b6-5+;;;/t17-,19-,20+,21?,22-,23?,24-,25?,26-,27?,30-;18-,19+,20?,21-,22?,23-,24?,25-,26?,29-;;/m00../s1. The number of nitrogens with zero attached hydrogens (tertiary/aromatic N) is 4. The average molecular weight is 1280 g/mol. The molecule has 4 aliphatic heterocycles. The van der Waals surface area contributed by atoms with E-state index in [1.807, 2.05) is 12.1 Å². The number of aliphatic hydroxyl groups excluding tert-OH is 8. The van der Waals surface area contributed by atoms with E-state index in [4.69, 9.17) is 33.2 Å². The number of benzene rings is 1. The monoisotopic (exact) mass is 1280 g/mol. The van der Waals surface area contributed by atoms with Crippen LogP contribution in [0.1, 0.15) is 105 Å². The number of amides is 2. The Bertz CT molecular complexity index is 2580. The summed E-state index contributed by atoms with van der Waals surface area (Å²) >= 11 is 0. The fourth-order valence-electron chi connectivity index (χ4n) is 11.5. The van der Waals surface area contributed by atoms with Crippen molar-refractivity contribution >= 4 is 29.5 Å². The first-order chi connectivity index (χ1) is 41.1. The number of aliphatic carboxylic acids is 2. The maximum atomic E-state index is 13.5. The molecule has 7 rings (SSSR count). The fourth-order valence-corrected chi connectivity index (χ4v) is 11.5. The van der Waals surface area contributed by atoms with Crippen LogP contribution in [0.3, 0.4) is 0 Å². The Kier molecular flexibility index (Phi) is 32.1. The number of hydrogen-bond acceptors (Lipinski definition) is 26. The van der Waals surface area contributed by atoms with Crippen LogP contribution in [0.4, 0.5) is 0 Å². The van der Waals surface area contributed by atoms with Gasteiger partial charge in [0.25, 0.3) is 0 Å². The van der Waals surface area contributed by atoms with Crippen LogP contribution in [0.15, 0.2) is 36.4 Å². The van der Waals surface area contributed by atoms with E-state index in [2.05, 4.69) is 43.2 Å². The fraction of sp³-hybridized carbons (Fsp3) is 0.746. The number of carbonyl (C=O) groups excluding carboxylic acids is 5. The molecule has 5 aliphatic rings. The second-order valence-electron chi connectivity index (χ2n) is 24.3. The van der Waals surface area contributed by atoms with Gasteiger partial charge in [0.15, 0.2) is 24.2 Å². The summed E-state index contributed by atoms with van der Waals surface area (Å²) in [5.74, 6) is -6.98. The van der Waals surface area contributed by atoms with E-state index in [1.165, 1.54) is 0 Å². The third kappa shape index (κ3) is 20.7. The molecule has 5 heterocycles. The molecule has 28 nitrogen and oxygen atoms in total. The number of carboxylic acid groups (broad SMARTS) is 2. The van der Waals surface area contributed by atoms with Crippen LogP contribution in [0, 0.1) is 42.4 Å². The third-order valence-corrected chi connectivity index (χ3v) is 16.4. The van der Waals surface area contributed by atoms with Crippen molar-refractivity contribution in [1.82, 2.24) is 31.0 Å². The molecule has 10 N–H and O–H groups in total. The van der Waals surface area contributed by atoms with Gasteiger partial charge in [-0.1, -0.05) is 91.8 Å². The number of Topliss-reactive ketones (excluding diaryl/α,β-unsaturated/α-hetero) is 1. The Morgan fingerprint density at radius 1 is 0.573 bits per heavy atom. The second kappa shape index (κ2) is 36.5. The molecule has 8 unspecified atom stereocenters. The van der Waals surface area contributed by atoms with Crippen LogP contribution in [0.25, 0.3) is 11.4 Å². The molecule has 1 aromatic heterocycles. The van der Waals surface area contributed by atoms with Crippen molar-refractivity contribution in [3.8, 4) is 11.4 Å². The Morgan fingerprint density at radius 3 is 1.53 bits per heavy atom. The van der Waals surface area contributed by atoms with Gasteiger partial charge in [-0.3, -0.25) is 14.4 Å². The average Bonchev–Trinajstić information content (AvgIpc) is 0.888. The predicted octanol–water partition coefficient (Wildman–Crippen LogP) is -9.13. The molecule has 89 heavy (non-hydrogen) atoms. The maximum Gasteiger partial charge on any atom is 1.00 e. The minimum atomic E-state index is -1.83. The number of carboxylic acids is 2. The number of allylic oxidation sites excluding steroid dienone is 2. The summed E-state index contributed by atoms with van der Waals surface area (Å²) in [7, 11) is 0. The summed E-state index contributed by atoms with van der Waals surface area (Å²) < 4.78 is 39.7. The van der Waals surface area contributed by atoms with Crippen LogP contribution in [0.5, 0.6) is 0 Å². The van der Waals surface area contributed by atoms with Crippen molar-refractivity contribution in [1.29, 1.82) is 0 Å². The third-order valence-electron chi connectivity index (χ3n) is 16.4. The second-order valence-corrected chi connectivity index (χ2v) is 24.3. The number of hydrogen-bond donors (Lipinski definition) is 10. The first-order valence-electron chi connectivity index (χ1n) is 29.9. The first kappa shape index (κ1) is 78.3. The normalized spacial score (nSPS) is 34.4. The Morgan fingerprint density at radius 2 is 1.04 bits per heavy atom. The number of aromatic nitrogens is 4. The SMILES string of the molecule is CC(C)[C@@H]1OC(C(=O)[O-])[C@@H](O[C@@H]2OC(C(=O)NCCNC(=O)CO[C@H]3CC/C=C/CCC3)[C@@H](C(C)C)[C@@H](O)C2O)[C@@H](O)C1O.Cc1nnc(-c2ccc(CCC(=O)C3O[C@@H](O[C@@H]4C(C(=O)[O-])O[C@@H](C(C)C)C(O)[C@@H]4O)C(O)[C@H](O)[C@@H]3C(C)C)cc2)nn1.[Na+].[Na+]. The Labute approximate surface area is 562 Å². The van der Waals surface area contributed by atoms with Crippen LogP contribution in [-0.2, 0) is 63.6 Å². The van der Waals surface area contributed by atoms with E-state index >= 15 is 0 Å². The molecule has 0 spiro atoms.